The maximum Gasteiger partial charge on any atom is 0.239 e. The van der Waals surface area contributed by atoms with Crippen LogP contribution in [0.25, 0.3) is 0 Å². The first kappa shape index (κ1) is 12.9. The van der Waals surface area contributed by atoms with Crippen LogP contribution in [0.4, 0.5) is 0 Å². The number of hydrogen-bond donors (Lipinski definition) is 3. The molecule has 5 N–H and O–H groups in total. The Morgan fingerprint density at radius 3 is 2.50 bits per heavy atom. The number of hydrogen-bond acceptors (Lipinski definition) is 4. The van der Waals surface area contributed by atoms with Gasteiger partial charge in [0.15, 0.2) is 0 Å². The van der Waals surface area contributed by atoms with Gasteiger partial charge in [-0.1, -0.05) is 0 Å². The van der Waals surface area contributed by atoms with E-state index in [-0.39, 0.29) is 0 Å². The van der Waals surface area contributed by atoms with E-state index in [2.05, 4.69) is 5.32 Å². The van der Waals surface area contributed by atoms with Gasteiger partial charge >= 0.3 is 0 Å². The smallest absolute Gasteiger partial charge is 0.239 e. The molecule has 2 unspecified atom stereocenters. The SMILES string of the molecule is COCCC(N)C(=O)NC(C)C(N)=O. The summed E-state index contributed by atoms with van der Waals surface area (Å²) in [5.41, 5.74) is 10.5. The minimum absolute atomic E-state index is 0.395. The quantitative estimate of drug-likeness (QED) is 0.480. The maximum absolute atomic E-state index is 11.3. The van der Waals surface area contributed by atoms with Crippen LogP contribution in [0.1, 0.15) is 13.3 Å². The second-order valence-corrected chi connectivity index (χ2v) is 3.02. The molecule has 0 fully saturated rings. The normalized spacial score (nSPS) is 14.5. The van der Waals surface area contributed by atoms with E-state index in [0.29, 0.717) is 13.0 Å². The predicted molar refractivity (Wildman–Crippen MR) is 51.3 cm³/mol. The summed E-state index contributed by atoms with van der Waals surface area (Å²) in [5.74, 6) is -0.981. The Morgan fingerprint density at radius 1 is 1.50 bits per heavy atom. The fourth-order valence-corrected chi connectivity index (χ4v) is 0.767. The van der Waals surface area contributed by atoms with Crippen molar-refractivity contribution in [2.75, 3.05) is 13.7 Å². The molecule has 0 aliphatic carbocycles. The number of ether oxygens (including phenoxy) is 1. The van der Waals surface area contributed by atoms with Crippen molar-refractivity contribution in [1.82, 2.24) is 5.32 Å². The van der Waals surface area contributed by atoms with E-state index in [1.807, 2.05) is 0 Å². The van der Waals surface area contributed by atoms with Gasteiger partial charge in [0, 0.05) is 13.7 Å². The van der Waals surface area contributed by atoms with Crippen molar-refractivity contribution >= 4 is 11.8 Å². The van der Waals surface area contributed by atoms with Crippen molar-refractivity contribution in [1.29, 1.82) is 0 Å². The van der Waals surface area contributed by atoms with Gasteiger partial charge in [0.25, 0.3) is 0 Å². The fourth-order valence-electron chi connectivity index (χ4n) is 0.767. The third-order valence-corrected chi connectivity index (χ3v) is 1.76. The van der Waals surface area contributed by atoms with Crippen LogP contribution in [-0.4, -0.2) is 37.6 Å². The highest BCUT2D eigenvalue weighted by Crippen LogP contribution is 1.90. The molecule has 0 spiro atoms. The third kappa shape index (κ3) is 4.78. The first-order valence-electron chi connectivity index (χ1n) is 4.33. The van der Waals surface area contributed by atoms with Crippen LogP contribution in [-0.2, 0) is 14.3 Å². The first-order chi connectivity index (χ1) is 6.49. The number of amides is 2. The molecule has 0 aromatic rings. The van der Waals surface area contributed by atoms with Gasteiger partial charge < -0.3 is 21.5 Å². The van der Waals surface area contributed by atoms with E-state index in [1.165, 1.54) is 14.0 Å². The number of nitrogens with one attached hydrogen (secondary N) is 1. The number of primary amides is 1. The summed E-state index contributed by atoms with van der Waals surface area (Å²) in [6, 6.07) is -1.37. The lowest BCUT2D eigenvalue weighted by Gasteiger charge is -2.14. The van der Waals surface area contributed by atoms with Crippen LogP contribution >= 0.6 is 0 Å². The first-order valence-corrected chi connectivity index (χ1v) is 4.33. The van der Waals surface area contributed by atoms with Crippen LogP contribution in [0.5, 0.6) is 0 Å². The van der Waals surface area contributed by atoms with Crippen molar-refractivity contribution in [3.63, 3.8) is 0 Å². The average Bonchev–Trinajstić information content (AvgIpc) is 2.13. The molecule has 0 rings (SSSR count). The molecule has 0 aliphatic rings. The van der Waals surface area contributed by atoms with Gasteiger partial charge in [-0.3, -0.25) is 9.59 Å². The van der Waals surface area contributed by atoms with Crippen molar-refractivity contribution in [2.24, 2.45) is 11.5 Å². The van der Waals surface area contributed by atoms with Crippen LogP contribution < -0.4 is 16.8 Å². The van der Waals surface area contributed by atoms with Gasteiger partial charge in [0.1, 0.15) is 6.04 Å². The summed E-state index contributed by atoms with van der Waals surface area (Å²) in [6.45, 7) is 1.91. The molecule has 0 aliphatic heterocycles. The minimum Gasteiger partial charge on any atom is -0.385 e. The fraction of sp³-hybridized carbons (Fsp3) is 0.750. The van der Waals surface area contributed by atoms with Crippen LogP contribution in [0.3, 0.4) is 0 Å². The molecular weight excluding hydrogens is 186 g/mol. The molecule has 0 aromatic heterocycles. The monoisotopic (exact) mass is 203 g/mol. The van der Waals surface area contributed by atoms with Gasteiger partial charge in [0.05, 0.1) is 6.04 Å². The number of methoxy groups -OCH3 is 1. The Kier molecular flexibility index (Phi) is 5.82. The van der Waals surface area contributed by atoms with Gasteiger partial charge in [0.2, 0.25) is 11.8 Å². The van der Waals surface area contributed by atoms with Crippen LogP contribution in [0.2, 0.25) is 0 Å². The number of carbonyl (C=O) groups excluding carboxylic acids is 2. The van der Waals surface area contributed by atoms with E-state index in [9.17, 15) is 9.59 Å². The average molecular weight is 203 g/mol. The standard InChI is InChI=1S/C8H17N3O3/c1-5(7(10)12)11-8(13)6(9)3-4-14-2/h5-6H,3-4,9H2,1-2H3,(H2,10,12)(H,11,13). The van der Waals surface area contributed by atoms with E-state index < -0.39 is 23.9 Å². The van der Waals surface area contributed by atoms with E-state index in [1.54, 1.807) is 0 Å². The zero-order valence-electron chi connectivity index (χ0n) is 8.45. The maximum atomic E-state index is 11.3. The zero-order valence-corrected chi connectivity index (χ0v) is 8.45. The second kappa shape index (κ2) is 6.33. The summed E-state index contributed by atoms with van der Waals surface area (Å²) in [6.07, 6.45) is 0.411. The molecule has 0 aromatic carbocycles. The van der Waals surface area contributed by atoms with Crippen molar-refractivity contribution in [3.8, 4) is 0 Å². The summed E-state index contributed by atoms with van der Waals surface area (Å²) >= 11 is 0. The summed E-state index contributed by atoms with van der Waals surface area (Å²) in [4.78, 5) is 21.9. The van der Waals surface area contributed by atoms with Gasteiger partial charge in [-0.25, -0.2) is 0 Å². The molecule has 0 bridgehead atoms. The summed E-state index contributed by atoms with van der Waals surface area (Å²) in [7, 11) is 1.52. The highest BCUT2D eigenvalue weighted by atomic mass is 16.5. The zero-order chi connectivity index (χ0) is 11.1. The van der Waals surface area contributed by atoms with Crippen LogP contribution in [0.15, 0.2) is 0 Å². The Balaban J connectivity index is 3.88. The summed E-state index contributed by atoms with van der Waals surface area (Å²) < 4.78 is 4.76. The van der Waals surface area contributed by atoms with E-state index in [4.69, 9.17) is 16.2 Å². The van der Waals surface area contributed by atoms with Gasteiger partial charge in [-0.05, 0) is 13.3 Å². The highest BCUT2D eigenvalue weighted by Gasteiger charge is 2.17. The van der Waals surface area contributed by atoms with Crippen molar-refractivity contribution in [2.45, 2.75) is 25.4 Å². The van der Waals surface area contributed by atoms with Crippen LogP contribution in [0, 0.1) is 0 Å². The minimum atomic E-state index is -0.698. The van der Waals surface area contributed by atoms with Crippen molar-refractivity contribution < 1.29 is 14.3 Å². The lowest BCUT2D eigenvalue weighted by Crippen LogP contribution is -2.49. The Bertz CT molecular complexity index is 208. The molecule has 14 heavy (non-hydrogen) atoms. The molecule has 0 heterocycles. The molecule has 2 atom stereocenters. The molecule has 0 radical (unpaired) electrons. The lowest BCUT2D eigenvalue weighted by atomic mass is 10.2. The Morgan fingerprint density at radius 2 is 2.07 bits per heavy atom. The van der Waals surface area contributed by atoms with Gasteiger partial charge in [-0.15, -0.1) is 0 Å². The predicted octanol–water partition coefficient (Wildman–Crippen LogP) is -1.66. The molecule has 82 valence electrons. The second-order valence-electron chi connectivity index (χ2n) is 3.02. The topological polar surface area (TPSA) is 107 Å². The largest absolute Gasteiger partial charge is 0.385 e. The number of nitrogens with two attached hydrogens (primary N) is 2. The molecule has 0 saturated carbocycles. The Labute approximate surface area is 83.0 Å². The lowest BCUT2D eigenvalue weighted by molar-refractivity contribution is -0.128. The van der Waals surface area contributed by atoms with Crippen molar-refractivity contribution in [3.05, 3.63) is 0 Å². The molecule has 0 saturated heterocycles. The molecular formula is C8H17N3O3. The number of rotatable bonds is 6. The summed E-state index contributed by atoms with van der Waals surface area (Å²) in [5, 5.41) is 2.39. The highest BCUT2D eigenvalue weighted by molar-refractivity contribution is 5.88. The van der Waals surface area contributed by atoms with E-state index >= 15 is 0 Å². The third-order valence-electron chi connectivity index (χ3n) is 1.76. The van der Waals surface area contributed by atoms with E-state index in [0.717, 1.165) is 0 Å². The molecule has 6 nitrogen and oxygen atoms in total. The Hall–Kier alpha value is -1.14. The molecule has 2 amide bonds. The number of carbonyl (C=O) groups is 2. The van der Waals surface area contributed by atoms with Gasteiger partial charge in [-0.2, -0.15) is 0 Å². The molecule has 6 heteroatoms.